The highest BCUT2D eigenvalue weighted by Gasteiger charge is 2.22. The first-order valence-electron chi connectivity index (χ1n) is 11.9. The van der Waals surface area contributed by atoms with Gasteiger partial charge in [0.2, 0.25) is 0 Å². The summed E-state index contributed by atoms with van der Waals surface area (Å²) in [6.45, 7) is 4.67. The summed E-state index contributed by atoms with van der Waals surface area (Å²) in [5.41, 5.74) is 4.88. The van der Waals surface area contributed by atoms with Gasteiger partial charge in [0.25, 0.3) is 5.91 Å². The monoisotopic (exact) mass is 504 g/mol. The van der Waals surface area contributed by atoms with Crippen LogP contribution in [0.1, 0.15) is 46.8 Å². The van der Waals surface area contributed by atoms with Crippen LogP contribution in [0, 0.1) is 6.92 Å². The quantitative estimate of drug-likeness (QED) is 0.317. The lowest BCUT2D eigenvalue weighted by atomic mass is 9.93. The average Bonchev–Trinajstić information content (AvgIpc) is 2.89. The summed E-state index contributed by atoms with van der Waals surface area (Å²) in [5, 5.41) is 12.3. The van der Waals surface area contributed by atoms with Gasteiger partial charge in [0.15, 0.2) is 0 Å². The topological polar surface area (TPSA) is 88.5 Å². The van der Waals surface area contributed by atoms with Gasteiger partial charge in [-0.2, -0.15) is 11.8 Å². The number of amides is 1. The van der Waals surface area contributed by atoms with Gasteiger partial charge in [-0.3, -0.25) is 9.78 Å². The van der Waals surface area contributed by atoms with Crippen molar-refractivity contribution in [3.8, 4) is 16.9 Å². The molecule has 1 unspecified atom stereocenters. The van der Waals surface area contributed by atoms with Gasteiger partial charge in [0.1, 0.15) is 11.8 Å². The summed E-state index contributed by atoms with van der Waals surface area (Å²) in [6.07, 6.45) is 10.5. The number of pyridine rings is 1. The maximum absolute atomic E-state index is 13.2. The van der Waals surface area contributed by atoms with Gasteiger partial charge < -0.3 is 15.2 Å². The number of ether oxygens (including phenoxy) is 1. The van der Waals surface area contributed by atoms with Crippen molar-refractivity contribution in [2.45, 2.75) is 32.7 Å². The molecule has 1 heterocycles. The normalized spacial score (nSPS) is 11.9. The number of nitrogens with zero attached hydrogens (tertiary/aromatic N) is 1. The van der Waals surface area contributed by atoms with E-state index in [1.165, 1.54) is 0 Å². The largest absolute Gasteiger partial charge is 0.493 e. The number of carbonyl (C=O) groups excluding carboxylic acids is 1. The van der Waals surface area contributed by atoms with E-state index in [2.05, 4.69) is 17.2 Å². The summed E-state index contributed by atoms with van der Waals surface area (Å²) >= 11 is 1.55. The number of aryl methyl sites for hydroxylation is 1. The lowest BCUT2D eigenvalue weighted by Gasteiger charge is -2.17. The van der Waals surface area contributed by atoms with Gasteiger partial charge in [0.05, 0.1) is 6.61 Å². The fourth-order valence-electron chi connectivity index (χ4n) is 3.74. The molecule has 0 spiro atoms. The molecule has 0 bridgehead atoms. The predicted octanol–water partition coefficient (Wildman–Crippen LogP) is 5.95. The molecule has 7 heteroatoms. The van der Waals surface area contributed by atoms with E-state index >= 15 is 0 Å². The standard InChI is InChI=1S/C29H32N2O4S/c1-4-16-35-27-13-15-30-19-22(27)11-9-21-10-12-24(25(18-21)23-8-6-5-7-20(23)2)28(32)31-26(29(33)34)14-17-36-3/h5-13,15,18-19,26H,4,14,16-17H2,1-3H3,(H,31,32)(H,33,34). The van der Waals surface area contributed by atoms with E-state index in [1.54, 1.807) is 30.2 Å². The zero-order valence-corrected chi connectivity index (χ0v) is 21.7. The Hall–Kier alpha value is -3.58. The SMILES string of the molecule is CCCOc1ccncc1C=Cc1ccc(C(=O)NC(CCSC)C(=O)O)c(-c2ccccc2C)c1. The van der Waals surface area contributed by atoms with Crippen molar-refractivity contribution in [3.63, 3.8) is 0 Å². The molecule has 188 valence electrons. The van der Waals surface area contributed by atoms with E-state index in [9.17, 15) is 14.7 Å². The molecule has 0 aliphatic carbocycles. The fourth-order valence-corrected chi connectivity index (χ4v) is 4.21. The molecule has 36 heavy (non-hydrogen) atoms. The van der Waals surface area contributed by atoms with Crippen molar-refractivity contribution < 1.29 is 19.4 Å². The predicted molar refractivity (Wildman–Crippen MR) is 147 cm³/mol. The van der Waals surface area contributed by atoms with Crippen LogP contribution in [0.2, 0.25) is 0 Å². The molecule has 1 amide bonds. The Bertz CT molecular complexity index is 1230. The van der Waals surface area contributed by atoms with Crippen LogP contribution in [0.3, 0.4) is 0 Å². The molecule has 2 aromatic carbocycles. The Balaban J connectivity index is 1.97. The van der Waals surface area contributed by atoms with Gasteiger partial charge in [-0.05, 0) is 78.3 Å². The third-order valence-corrected chi connectivity index (χ3v) is 6.31. The van der Waals surface area contributed by atoms with Gasteiger partial charge in [-0.15, -0.1) is 0 Å². The average molecular weight is 505 g/mol. The lowest BCUT2D eigenvalue weighted by molar-refractivity contribution is -0.139. The van der Waals surface area contributed by atoms with Crippen LogP contribution in [0.15, 0.2) is 60.9 Å². The van der Waals surface area contributed by atoms with Gasteiger partial charge >= 0.3 is 5.97 Å². The summed E-state index contributed by atoms with van der Waals surface area (Å²) in [7, 11) is 0. The number of hydrogen-bond donors (Lipinski definition) is 2. The molecule has 0 saturated carbocycles. The van der Waals surface area contributed by atoms with Crippen molar-refractivity contribution in [3.05, 3.63) is 83.2 Å². The Kier molecular flexibility index (Phi) is 10.1. The van der Waals surface area contributed by atoms with Crippen LogP contribution in [0.25, 0.3) is 23.3 Å². The summed E-state index contributed by atoms with van der Waals surface area (Å²) in [6, 6.07) is 14.3. The highest BCUT2D eigenvalue weighted by atomic mass is 32.2. The van der Waals surface area contributed by atoms with Crippen molar-refractivity contribution >= 4 is 35.8 Å². The minimum absolute atomic E-state index is 0.357. The third kappa shape index (κ3) is 7.21. The summed E-state index contributed by atoms with van der Waals surface area (Å²) in [4.78, 5) is 29.1. The number of carbonyl (C=O) groups is 2. The molecule has 1 atom stereocenters. The summed E-state index contributed by atoms with van der Waals surface area (Å²) < 4.78 is 5.82. The first-order valence-corrected chi connectivity index (χ1v) is 13.3. The van der Waals surface area contributed by atoms with Crippen molar-refractivity contribution in [2.24, 2.45) is 0 Å². The van der Waals surface area contributed by atoms with Gasteiger partial charge in [-0.25, -0.2) is 4.79 Å². The number of benzene rings is 2. The lowest BCUT2D eigenvalue weighted by Crippen LogP contribution is -2.41. The molecular weight excluding hydrogens is 472 g/mol. The number of thioether (sulfide) groups is 1. The van der Waals surface area contributed by atoms with Crippen LogP contribution in [-0.4, -0.2) is 46.6 Å². The third-order valence-electron chi connectivity index (χ3n) is 5.66. The minimum atomic E-state index is -1.04. The zero-order valence-electron chi connectivity index (χ0n) is 20.9. The van der Waals surface area contributed by atoms with Gasteiger partial charge in [0, 0.05) is 23.5 Å². The molecule has 0 aliphatic rings. The number of nitrogens with one attached hydrogen (secondary N) is 1. The first-order chi connectivity index (χ1) is 17.4. The second-order valence-electron chi connectivity index (χ2n) is 8.36. The molecule has 6 nitrogen and oxygen atoms in total. The van der Waals surface area contributed by atoms with E-state index in [-0.39, 0.29) is 0 Å². The number of carboxylic acids is 1. The number of rotatable bonds is 12. The smallest absolute Gasteiger partial charge is 0.326 e. The molecule has 0 radical (unpaired) electrons. The van der Waals surface area contributed by atoms with Gasteiger partial charge in [-0.1, -0.05) is 43.3 Å². The van der Waals surface area contributed by atoms with E-state index in [0.29, 0.717) is 24.3 Å². The molecule has 3 rings (SSSR count). The molecule has 3 aromatic rings. The highest BCUT2D eigenvalue weighted by molar-refractivity contribution is 7.98. The Morgan fingerprint density at radius 1 is 1.14 bits per heavy atom. The van der Waals surface area contributed by atoms with Crippen LogP contribution in [-0.2, 0) is 4.79 Å². The highest BCUT2D eigenvalue weighted by Crippen LogP contribution is 2.29. The molecule has 1 aromatic heterocycles. The van der Waals surface area contributed by atoms with Crippen LogP contribution in [0.4, 0.5) is 0 Å². The zero-order chi connectivity index (χ0) is 25.9. The summed E-state index contributed by atoms with van der Waals surface area (Å²) in [5.74, 6) is -0.0286. The number of aromatic nitrogens is 1. The van der Waals surface area contributed by atoms with E-state index < -0.39 is 17.9 Å². The second-order valence-corrected chi connectivity index (χ2v) is 9.35. The fraction of sp³-hybridized carbons (Fsp3) is 0.276. The van der Waals surface area contributed by atoms with E-state index in [4.69, 9.17) is 4.74 Å². The number of hydrogen-bond acceptors (Lipinski definition) is 5. The maximum Gasteiger partial charge on any atom is 0.326 e. The molecule has 0 fully saturated rings. The Morgan fingerprint density at radius 3 is 2.67 bits per heavy atom. The molecule has 0 saturated heterocycles. The first kappa shape index (κ1) is 27.0. The molecule has 0 aliphatic heterocycles. The van der Waals surface area contributed by atoms with E-state index in [0.717, 1.165) is 40.0 Å². The Labute approximate surface area is 216 Å². The molecular formula is C29H32N2O4S. The maximum atomic E-state index is 13.2. The van der Waals surface area contributed by atoms with Crippen LogP contribution in [0.5, 0.6) is 5.75 Å². The Morgan fingerprint density at radius 2 is 1.94 bits per heavy atom. The van der Waals surface area contributed by atoms with E-state index in [1.807, 2.05) is 67.8 Å². The number of carboxylic acid groups (broad SMARTS) is 1. The number of aliphatic carboxylic acids is 1. The van der Waals surface area contributed by atoms with Crippen molar-refractivity contribution in [2.75, 3.05) is 18.6 Å². The minimum Gasteiger partial charge on any atom is -0.493 e. The second kappa shape index (κ2) is 13.5. The van der Waals surface area contributed by atoms with Crippen molar-refractivity contribution in [1.82, 2.24) is 10.3 Å². The van der Waals surface area contributed by atoms with Crippen LogP contribution < -0.4 is 10.1 Å². The van der Waals surface area contributed by atoms with Crippen LogP contribution >= 0.6 is 11.8 Å². The van der Waals surface area contributed by atoms with Crippen molar-refractivity contribution in [1.29, 1.82) is 0 Å². The molecule has 2 N–H and O–H groups in total.